The lowest BCUT2D eigenvalue weighted by Gasteiger charge is -2.49. The minimum Gasteiger partial charge on any atom is -0.481 e. The summed E-state index contributed by atoms with van der Waals surface area (Å²) in [6, 6.07) is 0. The van der Waals surface area contributed by atoms with Crippen LogP contribution in [0.15, 0.2) is 0 Å². The first-order valence-corrected chi connectivity index (χ1v) is 6.64. The fraction of sp³-hybridized carbons (Fsp3) is 0.923. The average molecular weight is 242 g/mol. The number of hydrogen-bond acceptors (Lipinski definition) is 3. The van der Waals surface area contributed by atoms with Gasteiger partial charge in [0.1, 0.15) is 0 Å². The predicted molar refractivity (Wildman–Crippen MR) is 62.7 cm³/mol. The Morgan fingerprint density at radius 1 is 1.24 bits per heavy atom. The average Bonchev–Trinajstić information content (AvgIpc) is 2.78. The minimum absolute atomic E-state index is 0.0971. The Morgan fingerprint density at radius 3 is 2.47 bits per heavy atom. The van der Waals surface area contributed by atoms with Crippen LogP contribution in [0.2, 0.25) is 0 Å². The maximum Gasteiger partial charge on any atom is 0.303 e. The van der Waals surface area contributed by atoms with E-state index in [4.69, 9.17) is 14.6 Å². The molecule has 2 rings (SSSR count). The lowest BCUT2D eigenvalue weighted by Crippen LogP contribution is -2.51. The summed E-state index contributed by atoms with van der Waals surface area (Å²) >= 11 is 0. The Bertz CT molecular complexity index is 283. The van der Waals surface area contributed by atoms with Crippen molar-refractivity contribution in [3.05, 3.63) is 0 Å². The summed E-state index contributed by atoms with van der Waals surface area (Å²) in [6.45, 7) is 3.42. The van der Waals surface area contributed by atoms with E-state index < -0.39 is 11.8 Å². The van der Waals surface area contributed by atoms with Gasteiger partial charge in [0.05, 0.1) is 13.2 Å². The SMILES string of the molecule is CC[C@]1(CCC(=O)O)CCCCC12OCCO2. The molecule has 17 heavy (non-hydrogen) atoms. The van der Waals surface area contributed by atoms with Gasteiger partial charge < -0.3 is 14.6 Å². The normalized spacial score (nSPS) is 31.8. The van der Waals surface area contributed by atoms with Crippen LogP contribution in [-0.4, -0.2) is 30.1 Å². The molecule has 1 saturated heterocycles. The van der Waals surface area contributed by atoms with Gasteiger partial charge in [-0.2, -0.15) is 0 Å². The van der Waals surface area contributed by atoms with E-state index in [0.717, 1.165) is 32.1 Å². The highest BCUT2D eigenvalue weighted by atomic mass is 16.7. The largest absolute Gasteiger partial charge is 0.481 e. The fourth-order valence-electron chi connectivity index (χ4n) is 3.47. The lowest BCUT2D eigenvalue weighted by molar-refractivity contribution is -0.260. The number of aliphatic carboxylic acids is 1. The van der Waals surface area contributed by atoms with Crippen LogP contribution in [0.4, 0.5) is 0 Å². The third kappa shape index (κ3) is 2.20. The Kier molecular flexibility index (Phi) is 3.73. The molecule has 1 spiro atoms. The molecule has 1 aliphatic carbocycles. The van der Waals surface area contributed by atoms with Crippen molar-refractivity contribution in [1.29, 1.82) is 0 Å². The van der Waals surface area contributed by atoms with E-state index in [1.54, 1.807) is 0 Å². The summed E-state index contributed by atoms with van der Waals surface area (Å²) < 4.78 is 11.8. The molecular formula is C13H22O4. The van der Waals surface area contributed by atoms with E-state index in [1.807, 2.05) is 0 Å². The molecule has 1 saturated carbocycles. The molecule has 0 unspecified atom stereocenters. The molecule has 1 heterocycles. The summed E-state index contributed by atoms with van der Waals surface area (Å²) in [7, 11) is 0. The van der Waals surface area contributed by atoms with E-state index in [0.29, 0.717) is 19.6 Å². The molecule has 0 aromatic heterocycles. The first-order chi connectivity index (χ1) is 8.14. The fourth-order valence-corrected chi connectivity index (χ4v) is 3.47. The predicted octanol–water partition coefficient (Wildman–Crippen LogP) is 2.56. The van der Waals surface area contributed by atoms with E-state index >= 15 is 0 Å². The Balaban J connectivity index is 2.17. The van der Waals surface area contributed by atoms with Crippen molar-refractivity contribution < 1.29 is 19.4 Å². The summed E-state index contributed by atoms with van der Waals surface area (Å²) in [5.41, 5.74) is -0.0971. The number of rotatable bonds is 4. The molecule has 0 aromatic carbocycles. The molecule has 0 amide bonds. The molecule has 1 N–H and O–H groups in total. The first-order valence-electron chi connectivity index (χ1n) is 6.64. The van der Waals surface area contributed by atoms with Gasteiger partial charge >= 0.3 is 5.97 Å². The van der Waals surface area contributed by atoms with Gasteiger partial charge in [-0.3, -0.25) is 4.79 Å². The van der Waals surface area contributed by atoms with Gasteiger partial charge in [-0.25, -0.2) is 0 Å². The lowest BCUT2D eigenvalue weighted by atomic mass is 9.65. The molecule has 1 atom stereocenters. The molecule has 2 fully saturated rings. The van der Waals surface area contributed by atoms with Crippen LogP contribution in [0, 0.1) is 5.41 Å². The van der Waals surface area contributed by atoms with Crippen molar-refractivity contribution in [2.45, 2.75) is 57.7 Å². The van der Waals surface area contributed by atoms with Crippen molar-refractivity contribution in [3.63, 3.8) is 0 Å². The highest BCUT2D eigenvalue weighted by Gasteiger charge is 2.55. The van der Waals surface area contributed by atoms with Crippen LogP contribution >= 0.6 is 0 Å². The molecular weight excluding hydrogens is 220 g/mol. The van der Waals surface area contributed by atoms with Crippen molar-refractivity contribution in [1.82, 2.24) is 0 Å². The number of carbonyl (C=O) groups is 1. The number of carboxylic acids is 1. The van der Waals surface area contributed by atoms with E-state index in [1.165, 1.54) is 0 Å². The van der Waals surface area contributed by atoms with Gasteiger partial charge in [0, 0.05) is 18.3 Å². The van der Waals surface area contributed by atoms with Crippen LogP contribution in [0.25, 0.3) is 0 Å². The van der Waals surface area contributed by atoms with Crippen molar-refractivity contribution >= 4 is 5.97 Å². The maximum absolute atomic E-state index is 10.8. The number of carboxylic acid groups (broad SMARTS) is 1. The van der Waals surface area contributed by atoms with Crippen molar-refractivity contribution in [2.24, 2.45) is 5.41 Å². The second-order valence-corrected chi connectivity index (χ2v) is 5.18. The quantitative estimate of drug-likeness (QED) is 0.823. The van der Waals surface area contributed by atoms with Crippen molar-refractivity contribution in [2.75, 3.05) is 13.2 Å². The highest BCUT2D eigenvalue weighted by molar-refractivity contribution is 5.66. The summed E-state index contributed by atoms with van der Waals surface area (Å²) in [6.07, 6.45) is 6.02. The monoisotopic (exact) mass is 242 g/mol. The van der Waals surface area contributed by atoms with Crippen LogP contribution < -0.4 is 0 Å². The zero-order valence-corrected chi connectivity index (χ0v) is 10.5. The molecule has 0 aromatic rings. The highest BCUT2D eigenvalue weighted by Crippen LogP contribution is 2.54. The van der Waals surface area contributed by atoms with Crippen LogP contribution in [0.3, 0.4) is 0 Å². The van der Waals surface area contributed by atoms with Gasteiger partial charge in [-0.15, -0.1) is 0 Å². The smallest absolute Gasteiger partial charge is 0.303 e. The molecule has 0 radical (unpaired) electrons. The van der Waals surface area contributed by atoms with E-state index in [2.05, 4.69) is 6.92 Å². The van der Waals surface area contributed by atoms with Gasteiger partial charge in [0.25, 0.3) is 0 Å². The minimum atomic E-state index is -0.725. The van der Waals surface area contributed by atoms with Gasteiger partial charge in [-0.1, -0.05) is 13.3 Å². The molecule has 4 heteroatoms. The van der Waals surface area contributed by atoms with E-state index in [9.17, 15) is 4.79 Å². The zero-order chi connectivity index (χ0) is 12.4. The molecule has 2 aliphatic rings. The van der Waals surface area contributed by atoms with Gasteiger partial charge in [0.2, 0.25) is 0 Å². The van der Waals surface area contributed by atoms with Crippen LogP contribution in [0.1, 0.15) is 51.9 Å². The first kappa shape index (κ1) is 12.8. The topological polar surface area (TPSA) is 55.8 Å². The third-order valence-electron chi connectivity index (χ3n) is 4.47. The molecule has 1 aliphatic heterocycles. The third-order valence-corrected chi connectivity index (χ3v) is 4.47. The Morgan fingerprint density at radius 2 is 1.88 bits per heavy atom. The second kappa shape index (κ2) is 4.94. The van der Waals surface area contributed by atoms with E-state index in [-0.39, 0.29) is 11.8 Å². The van der Waals surface area contributed by atoms with Crippen LogP contribution in [0.5, 0.6) is 0 Å². The number of hydrogen-bond donors (Lipinski definition) is 1. The maximum atomic E-state index is 10.8. The van der Waals surface area contributed by atoms with Gasteiger partial charge in [0.15, 0.2) is 5.79 Å². The Labute approximate surface area is 102 Å². The molecule has 4 nitrogen and oxygen atoms in total. The summed E-state index contributed by atoms with van der Waals surface area (Å²) in [4.78, 5) is 10.8. The second-order valence-electron chi connectivity index (χ2n) is 5.18. The van der Waals surface area contributed by atoms with Crippen LogP contribution in [-0.2, 0) is 14.3 Å². The summed E-state index contributed by atoms with van der Waals surface area (Å²) in [5.74, 6) is -1.22. The van der Waals surface area contributed by atoms with Crippen molar-refractivity contribution in [3.8, 4) is 0 Å². The van der Waals surface area contributed by atoms with Gasteiger partial charge in [-0.05, 0) is 25.7 Å². The Hall–Kier alpha value is -0.610. The standard InChI is InChI=1S/C13H22O4/c1-2-12(8-5-11(14)15)6-3-4-7-13(12)16-9-10-17-13/h2-10H2,1H3,(H,14,15)/t12-/m1/s1. The number of ether oxygens (including phenoxy) is 2. The molecule has 0 bridgehead atoms. The summed E-state index contributed by atoms with van der Waals surface area (Å²) in [5, 5.41) is 8.90. The zero-order valence-electron chi connectivity index (χ0n) is 10.5. The molecule has 98 valence electrons.